The van der Waals surface area contributed by atoms with E-state index in [0.717, 1.165) is 18.7 Å². The predicted octanol–water partition coefficient (Wildman–Crippen LogP) is 2.72. The molecule has 2 heteroatoms. The van der Waals surface area contributed by atoms with E-state index in [1.165, 1.54) is 18.9 Å². The Morgan fingerprint density at radius 2 is 2.23 bits per heavy atom. The zero-order valence-electron chi connectivity index (χ0n) is 8.02. The lowest BCUT2D eigenvalue weighted by molar-refractivity contribution is 0.614. The minimum atomic E-state index is -0.158. The van der Waals surface area contributed by atoms with Gasteiger partial charge in [-0.2, -0.15) is 0 Å². The van der Waals surface area contributed by atoms with E-state index in [0.29, 0.717) is 0 Å². The third kappa shape index (κ3) is 4.04. The van der Waals surface area contributed by atoms with Crippen LogP contribution in [0.1, 0.15) is 25.3 Å². The summed E-state index contributed by atoms with van der Waals surface area (Å²) in [5.74, 6) is -0.158. The summed E-state index contributed by atoms with van der Waals surface area (Å²) in [5, 5.41) is 3.26. The van der Waals surface area contributed by atoms with Crippen molar-refractivity contribution >= 4 is 0 Å². The summed E-state index contributed by atoms with van der Waals surface area (Å²) in [7, 11) is 0. The quantitative estimate of drug-likeness (QED) is 0.689. The zero-order chi connectivity index (χ0) is 9.52. The van der Waals surface area contributed by atoms with Crippen LogP contribution >= 0.6 is 0 Å². The first-order valence-corrected chi connectivity index (χ1v) is 4.78. The second kappa shape index (κ2) is 5.70. The van der Waals surface area contributed by atoms with Crippen LogP contribution in [0.2, 0.25) is 0 Å². The van der Waals surface area contributed by atoms with Crippen molar-refractivity contribution in [3.8, 4) is 0 Å². The Bertz CT molecular complexity index is 248. The second-order valence-corrected chi connectivity index (χ2v) is 3.16. The van der Waals surface area contributed by atoms with Gasteiger partial charge in [-0.3, -0.25) is 0 Å². The molecule has 0 aliphatic heterocycles. The van der Waals surface area contributed by atoms with Crippen molar-refractivity contribution in [3.63, 3.8) is 0 Å². The van der Waals surface area contributed by atoms with Gasteiger partial charge in [0.25, 0.3) is 0 Å². The topological polar surface area (TPSA) is 12.0 Å². The highest BCUT2D eigenvalue weighted by molar-refractivity contribution is 5.15. The maximum absolute atomic E-state index is 12.7. The lowest BCUT2D eigenvalue weighted by Gasteiger charge is -2.03. The van der Waals surface area contributed by atoms with E-state index in [-0.39, 0.29) is 5.82 Å². The molecular weight excluding hydrogens is 165 g/mol. The fourth-order valence-corrected chi connectivity index (χ4v) is 1.18. The van der Waals surface area contributed by atoms with Crippen LogP contribution in [0.4, 0.5) is 4.39 Å². The lowest BCUT2D eigenvalue weighted by atomic mass is 10.2. The van der Waals surface area contributed by atoms with Gasteiger partial charge in [-0.15, -0.1) is 0 Å². The van der Waals surface area contributed by atoms with Crippen LogP contribution < -0.4 is 5.32 Å². The van der Waals surface area contributed by atoms with Crippen molar-refractivity contribution in [1.29, 1.82) is 0 Å². The minimum absolute atomic E-state index is 0.158. The van der Waals surface area contributed by atoms with Gasteiger partial charge in [-0.25, -0.2) is 4.39 Å². The molecule has 0 saturated heterocycles. The average molecular weight is 181 g/mol. The molecule has 0 amide bonds. The maximum Gasteiger partial charge on any atom is 0.123 e. The van der Waals surface area contributed by atoms with Crippen molar-refractivity contribution in [2.45, 2.75) is 26.3 Å². The Morgan fingerprint density at radius 1 is 1.38 bits per heavy atom. The molecule has 0 aliphatic rings. The van der Waals surface area contributed by atoms with E-state index < -0.39 is 0 Å². The molecule has 0 atom stereocenters. The maximum atomic E-state index is 12.7. The van der Waals surface area contributed by atoms with Crippen molar-refractivity contribution in [3.05, 3.63) is 35.6 Å². The molecule has 0 spiro atoms. The van der Waals surface area contributed by atoms with Crippen molar-refractivity contribution in [2.24, 2.45) is 0 Å². The van der Waals surface area contributed by atoms with E-state index in [4.69, 9.17) is 0 Å². The molecule has 72 valence electrons. The van der Waals surface area contributed by atoms with Crippen LogP contribution in [0.5, 0.6) is 0 Å². The molecule has 1 N–H and O–H groups in total. The van der Waals surface area contributed by atoms with Crippen LogP contribution in [-0.2, 0) is 6.54 Å². The molecule has 0 bridgehead atoms. The molecule has 0 saturated carbocycles. The van der Waals surface area contributed by atoms with Gasteiger partial charge in [0.1, 0.15) is 5.82 Å². The Morgan fingerprint density at radius 3 is 2.92 bits per heavy atom. The summed E-state index contributed by atoms with van der Waals surface area (Å²) >= 11 is 0. The molecule has 0 aromatic heterocycles. The highest BCUT2D eigenvalue weighted by atomic mass is 19.1. The third-order valence-corrected chi connectivity index (χ3v) is 1.93. The fraction of sp³-hybridized carbons (Fsp3) is 0.455. The highest BCUT2D eigenvalue weighted by Gasteiger charge is 1.93. The van der Waals surface area contributed by atoms with Crippen molar-refractivity contribution in [2.75, 3.05) is 6.54 Å². The lowest BCUT2D eigenvalue weighted by Crippen LogP contribution is -2.14. The van der Waals surface area contributed by atoms with Gasteiger partial charge in [-0.05, 0) is 30.7 Å². The Hall–Kier alpha value is -0.890. The Labute approximate surface area is 79.0 Å². The molecule has 0 unspecified atom stereocenters. The van der Waals surface area contributed by atoms with Crippen LogP contribution in [-0.4, -0.2) is 6.54 Å². The largest absolute Gasteiger partial charge is 0.313 e. The summed E-state index contributed by atoms with van der Waals surface area (Å²) < 4.78 is 12.7. The molecule has 13 heavy (non-hydrogen) atoms. The molecule has 1 aromatic rings. The number of hydrogen-bond acceptors (Lipinski definition) is 1. The third-order valence-electron chi connectivity index (χ3n) is 1.93. The summed E-state index contributed by atoms with van der Waals surface area (Å²) in [5.41, 5.74) is 1.01. The summed E-state index contributed by atoms with van der Waals surface area (Å²) in [6.45, 7) is 3.93. The monoisotopic (exact) mass is 181 g/mol. The minimum Gasteiger partial charge on any atom is -0.313 e. The first-order chi connectivity index (χ1) is 6.33. The molecular formula is C11H16FN. The number of halogens is 1. The summed E-state index contributed by atoms with van der Waals surface area (Å²) in [6, 6.07) is 6.71. The van der Waals surface area contributed by atoms with Gasteiger partial charge in [0.15, 0.2) is 0 Å². The van der Waals surface area contributed by atoms with E-state index in [9.17, 15) is 4.39 Å². The normalized spacial score (nSPS) is 10.3. The van der Waals surface area contributed by atoms with Crippen LogP contribution in [0.3, 0.4) is 0 Å². The highest BCUT2D eigenvalue weighted by Crippen LogP contribution is 2.02. The van der Waals surface area contributed by atoms with Crippen LogP contribution in [0.25, 0.3) is 0 Å². The predicted molar refractivity (Wildman–Crippen MR) is 53.0 cm³/mol. The molecule has 1 aromatic carbocycles. The van der Waals surface area contributed by atoms with Gasteiger partial charge in [0, 0.05) is 6.54 Å². The van der Waals surface area contributed by atoms with E-state index in [1.807, 2.05) is 6.07 Å². The van der Waals surface area contributed by atoms with Gasteiger partial charge in [0.05, 0.1) is 0 Å². The summed E-state index contributed by atoms with van der Waals surface area (Å²) in [4.78, 5) is 0. The standard InChI is InChI=1S/C11H16FN/c1-2-3-7-13-9-10-5-4-6-11(12)8-10/h4-6,8,13H,2-3,7,9H2,1H3. The van der Waals surface area contributed by atoms with Crippen molar-refractivity contribution in [1.82, 2.24) is 5.32 Å². The van der Waals surface area contributed by atoms with Gasteiger partial charge in [0.2, 0.25) is 0 Å². The molecule has 0 fully saturated rings. The second-order valence-electron chi connectivity index (χ2n) is 3.16. The van der Waals surface area contributed by atoms with E-state index in [2.05, 4.69) is 12.2 Å². The van der Waals surface area contributed by atoms with E-state index >= 15 is 0 Å². The first-order valence-electron chi connectivity index (χ1n) is 4.78. The van der Waals surface area contributed by atoms with Gasteiger partial charge in [-0.1, -0.05) is 25.5 Å². The molecule has 1 rings (SSSR count). The number of unbranched alkanes of at least 4 members (excludes halogenated alkanes) is 1. The average Bonchev–Trinajstić information content (AvgIpc) is 2.13. The van der Waals surface area contributed by atoms with Crippen LogP contribution in [0, 0.1) is 5.82 Å². The number of benzene rings is 1. The van der Waals surface area contributed by atoms with Crippen LogP contribution in [0.15, 0.2) is 24.3 Å². The zero-order valence-corrected chi connectivity index (χ0v) is 8.02. The smallest absolute Gasteiger partial charge is 0.123 e. The molecule has 0 aliphatic carbocycles. The molecule has 1 nitrogen and oxygen atoms in total. The number of rotatable bonds is 5. The molecule has 0 heterocycles. The summed E-state index contributed by atoms with van der Waals surface area (Å²) in [6.07, 6.45) is 2.37. The van der Waals surface area contributed by atoms with E-state index in [1.54, 1.807) is 12.1 Å². The fourth-order valence-electron chi connectivity index (χ4n) is 1.18. The molecule has 0 radical (unpaired) electrons. The Balaban J connectivity index is 2.28. The van der Waals surface area contributed by atoms with Crippen molar-refractivity contribution < 1.29 is 4.39 Å². The SMILES string of the molecule is CCCCNCc1cccc(F)c1. The Kier molecular flexibility index (Phi) is 4.47. The van der Waals surface area contributed by atoms with Gasteiger partial charge >= 0.3 is 0 Å². The first kappa shape index (κ1) is 10.2. The number of hydrogen-bond donors (Lipinski definition) is 1. The number of nitrogens with one attached hydrogen (secondary N) is 1. The van der Waals surface area contributed by atoms with Gasteiger partial charge < -0.3 is 5.32 Å².